The Labute approximate surface area is 170 Å². The molecule has 1 aliphatic rings. The van der Waals surface area contributed by atoms with Gasteiger partial charge in [0.15, 0.2) is 0 Å². The minimum atomic E-state index is 0.113. The normalized spacial score (nSPS) is 14.7. The van der Waals surface area contributed by atoms with Gasteiger partial charge in [0.1, 0.15) is 0 Å². The number of carbonyl (C=O) groups excluding carboxylic acids is 1. The van der Waals surface area contributed by atoms with E-state index >= 15 is 0 Å². The van der Waals surface area contributed by atoms with Crippen molar-refractivity contribution >= 4 is 11.9 Å². The Morgan fingerprint density at radius 3 is 2.48 bits per heavy atom. The predicted molar refractivity (Wildman–Crippen MR) is 111 cm³/mol. The van der Waals surface area contributed by atoms with Crippen molar-refractivity contribution in [1.29, 1.82) is 0 Å². The first kappa shape index (κ1) is 19.1. The van der Waals surface area contributed by atoms with Crippen LogP contribution in [0.15, 0.2) is 61.2 Å². The highest BCUT2D eigenvalue weighted by molar-refractivity contribution is 5.78. The number of piperazine rings is 1. The quantitative estimate of drug-likeness (QED) is 0.633. The van der Waals surface area contributed by atoms with Gasteiger partial charge < -0.3 is 9.80 Å². The standard InChI is InChI=1S/C21H25N7O/c1-25(15-18-14-24-28(16-18)19-6-3-2-4-7-19)20(29)17-26-10-12-27(13-11-26)21-22-8-5-9-23-21/h2-9,14,16H,10-13,15,17H2,1H3. The lowest BCUT2D eigenvalue weighted by Gasteiger charge is -2.34. The van der Waals surface area contributed by atoms with Crippen molar-refractivity contribution in [3.05, 3.63) is 66.7 Å². The number of nitrogens with zero attached hydrogens (tertiary/aromatic N) is 7. The Morgan fingerprint density at radius 2 is 1.76 bits per heavy atom. The second-order valence-electron chi connectivity index (χ2n) is 7.19. The molecule has 2 aromatic heterocycles. The van der Waals surface area contributed by atoms with E-state index in [0.717, 1.165) is 43.4 Å². The van der Waals surface area contributed by atoms with E-state index in [1.807, 2.05) is 60.5 Å². The summed E-state index contributed by atoms with van der Waals surface area (Å²) in [6.07, 6.45) is 7.30. The highest BCUT2D eigenvalue weighted by Crippen LogP contribution is 2.11. The highest BCUT2D eigenvalue weighted by atomic mass is 16.2. The number of carbonyl (C=O) groups is 1. The van der Waals surface area contributed by atoms with E-state index in [9.17, 15) is 4.79 Å². The minimum Gasteiger partial charge on any atom is -0.340 e. The van der Waals surface area contributed by atoms with E-state index < -0.39 is 0 Å². The predicted octanol–water partition coefficient (Wildman–Crippen LogP) is 1.44. The van der Waals surface area contributed by atoms with Crippen molar-refractivity contribution in [2.75, 3.05) is 44.7 Å². The minimum absolute atomic E-state index is 0.113. The van der Waals surface area contributed by atoms with E-state index in [1.54, 1.807) is 17.3 Å². The summed E-state index contributed by atoms with van der Waals surface area (Å²) in [5, 5.41) is 4.40. The number of benzene rings is 1. The molecule has 0 unspecified atom stereocenters. The molecule has 3 aromatic rings. The van der Waals surface area contributed by atoms with Crippen LogP contribution in [0.1, 0.15) is 5.56 Å². The number of anilines is 1. The highest BCUT2D eigenvalue weighted by Gasteiger charge is 2.22. The molecule has 0 N–H and O–H groups in total. The zero-order chi connectivity index (χ0) is 20.1. The molecule has 29 heavy (non-hydrogen) atoms. The van der Waals surface area contributed by atoms with Crippen LogP contribution in [-0.2, 0) is 11.3 Å². The summed E-state index contributed by atoms with van der Waals surface area (Å²) < 4.78 is 1.83. The molecular formula is C21H25N7O. The van der Waals surface area contributed by atoms with Crippen LogP contribution in [0.5, 0.6) is 0 Å². The molecule has 1 fully saturated rings. The Morgan fingerprint density at radius 1 is 1.03 bits per heavy atom. The summed E-state index contributed by atoms with van der Waals surface area (Å²) in [6.45, 7) is 4.26. The zero-order valence-corrected chi connectivity index (χ0v) is 16.6. The second kappa shape index (κ2) is 8.83. The van der Waals surface area contributed by atoms with Crippen LogP contribution in [0, 0.1) is 0 Å². The number of hydrogen-bond donors (Lipinski definition) is 0. The number of rotatable bonds is 6. The fourth-order valence-corrected chi connectivity index (χ4v) is 3.40. The third kappa shape index (κ3) is 4.78. The molecule has 1 saturated heterocycles. The van der Waals surface area contributed by atoms with Crippen LogP contribution in [0.2, 0.25) is 0 Å². The van der Waals surface area contributed by atoms with Gasteiger partial charge in [-0.25, -0.2) is 14.6 Å². The Bertz CT molecular complexity index is 920. The number of hydrogen-bond acceptors (Lipinski definition) is 6. The summed E-state index contributed by atoms with van der Waals surface area (Å²) in [4.78, 5) is 27.4. The fourth-order valence-electron chi connectivity index (χ4n) is 3.40. The van der Waals surface area contributed by atoms with Gasteiger partial charge in [-0.2, -0.15) is 5.10 Å². The molecule has 1 aliphatic heterocycles. The van der Waals surface area contributed by atoms with Gasteiger partial charge >= 0.3 is 0 Å². The van der Waals surface area contributed by atoms with Crippen LogP contribution in [-0.4, -0.2) is 75.2 Å². The van der Waals surface area contributed by atoms with Gasteiger partial charge in [-0.15, -0.1) is 0 Å². The lowest BCUT2D eigenvalue weighted by Crippen LogP contribution is -2.50. The van der Waals surface area contributed by atoms with Crippen molar-refractivity contribution in [2.24, 2.45) is 0 Å². The lowest BCUT2D eigenvalue weighted by molar-refractivity contribution is -0.131. The molecule has 3 heterocycles. The molecule has 0 atom stereocenters. The van der Waals surface area contributed by atoms with Gasteiger partial charge in [0.2, 0.25) is 11.9 Å². The molecule has 8 heteroatoms. The maximum absolute atomic E-state index is 12.7. The van der Waals surface area contributed by atoms with Crippen LogP contribution >= 0.6 is 0 Å². The van der Waals surface area contributed by atoms with E-state index in [0.29, 0.717) is 13.1 Å². The Hall–Kier alpha value is -3.26. The van der Waals surface area contributed by atoms with Gasteiger partial charge in [0, 0.05) is 63.9 Å². The first-order valence-electron chi connectivity index (χ1n) is 9.76. The summed E-state index contributed by atoms with van der Waals surface area (Å²) in [5.74, 6) is 0.868. The Balaban J connectivity index is 1.27. The third-order valence-electron chi connectivity index (χ3n) is 5.07. The number of amides is 1. The summed E-state index contributed by atoms with van der Waals surface area (Å²) in [7, 11) is 1.84. The maximum atomic E-state index is 12.7. The van der Waals surface area contributed by atoms with Crippen molar-refractivity contribution in [1.82, 2.24) is 29.5 Å². The van der Waals surface area contributed by atoms with Crippen molar-refractivity contribution in [2.45, 2.75) is 6.54 Å². The first-order chi connectivity index (χ1) is 14.2. The van der Waals surface area contributed by atoms with Crippen LogP contribution in [0.3, 0.4) is 0 Å². The molecule has 1 aromatic carbocycles. The van der Waals surface area contributed by atoms with Crippen LogP contribution in [0.4, 0.5) is 5.95 Å². The van der Waals surface area contributed by atoms with E-state index in [-0.39, 0.29) is 5.91 Å². The lowest BCUT2D eigenvalue weighted by atomic mass is 10.3. The third-order valence-corrected chi connectivity index (χ3v) is 5.07. The molecule has 0 bridgehead atoms. The molecule has 0 aliphatic carbocycles. The van der Waals surface area contributed by atoms with Crippen molar-refractivity contribution < 1.29 is 4.79 Å². The average Bonchev–Trinajstić information content (AvgIpc) is 3.24. The zero-order valence-electron chi connectivity index (χ0n) is 16.6. The molecule has 0 saturated carbocycles. The fraction of sp³-hybridized carbons (Fsp3) is 0.333. The summed E-state index contributed by atoms with van der Waals surface area (Å²) >= 11 is 0. The maximum Gasteiger partial charge on any atom is 0.236 e. The Kier molecular flexibility index (Phi) is 5.81. The molecule has 150 valence electrons. The van der Waals surface area contributed by atoms with Crippen molar-refractivity contribution in [3.8, 4) is 5.69 Å². The summed E-state index contributed by atoms with van der Waals surface area (Å²) in [6, 6.07) is 11.8. The molecule has 0 radical (unpaired) electrons. The van der Waals surface area contributed by atoms with Gasteiger partial charge in [0.25, 0.3) is 0 Å². The number of para-hydroxylation sites is 1. The molecule has 1 amide bonds. The number of likely N-dealkylation sites (N-methyl/N-ethyl adjacent to an activating group) is 1. The van der Waals surface area contributed by atoms with E-state index in [4.69, 9.17) is 0 Å². The smallest absolute Gasteiger partial charge is 0.236 e. The van der Waals surface area contributed by atoms with Crippen LogP contribution in [0.25, 0.3) is 5.69 Å². The first-order valence-corrected chi connectivity index (χ1v) is 9.76. The molecule has 8 nitrogen and oxygen atoms in total. The van der Waals surface area contributed by atoms with Gasteiger partial charge in [-0.1, -0.05) is 18.2 Å². The van der Waals surface area contributed by atoms with E-state index in [2.05, 4.69) is 24.9 Å². The topological polar surface area (TPSA) is 70.4 Å². The van der Waals surface area contributed by atoms with Gasteiger partial charge in [-0.3, -0.25) is 9.69 Å². The monoisotopic (exact) mass is 391 g/mol. The second-order valence-corrected chi connectivity index (χ2v) is 7.19. The van der Waals surface area contributed by atoms with E-state index in [1.165, 1.54) is 0 Å². The van der Waals surface area contributed by atoms with Crippen LogP contribution < -0.4 is 4.90 Å². The molecular weight excluding hydrogens is 366 g/mol. The SMILES string of the molecule is CN(Cc1cnn(-c2ccccc2)c1)C(=O)CN1CCN(c2ncccn2)CC1. The average molecular weight is 391 g/mol. The molecule has 4 rings (SSSR count). The van der Waals surface area contributed by atoms with Gasteiger partial charge in [0.05, 0.1) is 18.4 Å². The van der Waals surface area contributed by atoms with Crippen molar-refractivity contribution in [3.63, 3.8) is 0 Å². The number of aromatic nitrogens is 4. The van der Waals surface area contributed by atoms with Gasteiger partial charge in [-0.05, 0) is 18.2 Å². The summed E-state index contributed by atoms with van der Waals surface area (Å²) in [5.41, 5.74) is 2.02. The largest absolute Gasteiger partial charge is 0.340 e. The molecule has 0 spiro atoms.